The number of rotatable bonds is 9. The second kappa shape index (κ2) is 31.1. The maximum atomic E-state index is 6.18. The summed E-state index contributed by atoms with van der Waals surface area (Å²) in [4.78, 5) is 0. The van der Waals surface area contributed by atoms with Gasteiger partial charge < -0.3 is 13.3 Å². The molecule has 0 N–H and O–H groups in total. The predicted molar refractivity (Wildman–Crippen MR) is 548 cm³/mol. The van der Waals surface area contributed by atoms with Crippen LogP contribution in [-0.2, 0) is 0 Å². The molecule has 3 heteroatoms. The van der Waals surface area contributed by atoms with Crippen LogP contribution in [0.15, 0.2) is 486 Å². The number of benzene rings is 24. The number of hydrogen-bond donors (Lipinski definition) is 0. The molecule has 0 spiro atoms. The summed E-state index contributed by atoms with van der Waals surface area (Å²) in [6.07, 6.45) is 0. The minimum atomic E-state index is 0.916. The van der Waals surface area contributed by atoms with Gasteiger partial charge in [0.1, 0.15) is 33.5 Å². The van der Waals surface area contributed by atoms with E-state index in [9.17, 15) is 0 Å². The second-order valence-corrected chi connectivity index (χ2v) is 33.8. The lowest BCUT2D eigenvalue weighted by molar-refractivity contribution is 0.668. The van der Waals surface area contributed by atoms with Gasteiger partial charge in [-0.3, -0.25) is 0 Å². The maximum absolute atomic E-state index is 6.18. The van der Waals surface area contributed by atoms with Gasteiger partial charge in [0, 0.05) is 32.3 Å². The van der Waals surface area contributed by atoms with E-state index in [1.54, 1.807) is 0 Å². The fourth-order valence-corrected chi connectivity index (χ4v) is 20.8. The molecule has 0 unspecified atom stereocenters. The van der Waals surface area contributed by atoms with Crippen LogP contribution in [0.1, 0.15) is 0 Å². The highest BCUT2D eigenvalue weighted by molar-refractivity contribution is 6.27. The van der Waals surface area contributed by atoms with E-state index in [0.29, 0.717) is 0 Å². The van der Waals surface area contributed by atoms with Gasteiger partial charge in [0.15, 0.2) is 0 Å². The molecule has 0 saturated carbocycles. The third-order valence-electron chi connectivity index (χ3n) is 26.6. The van der Waals surface area contributed by atoms with Gasteiger partial charge in [-0.25, -0.2) is 0 Å². The Labute approximate surface area is 744 Å². The molecule has 0 saturated heterocycles. The average Bonchev–Trinajstić information content (AvgIpc) is 1.48. The first-order valence-corrected chi connectivity index (χ1v) is 44.3. The van der Waals surface area contributed by atoms with Gasteiger partial charge in [-0.1, -0.05) is 406 Å². The highest BCUT2D eigenvalue weighted by atomic mass is 16.3. The molecule has 0 fully saturated rings. The third-order valence-corrected chi connectivity index (χ3v) is 26.6. The summed E-state index contributed by atoms with van der Waals surface area (Å²) in [5.74, 6) is 0. The third kappa shape index (κ3) is 12.7. The van der Waals surface area contributed by atoms with Crippen molar-refractivity contribution in [1.29, 1.82) is 0 Å². The molecule has 0 amide bonds. The zero-order chi connectivity index (χ0) is 85.0. The van der Waals surface area contributed by atoms with Gasteiger partial charge in [0.2, 0.25) is 0 Å². The second-order valence-electron chi connectivity index (χ2n) is 33.8. The van der Waals surface area contributed by atoms with Crippen molar-refractivity contribution in [1.82, 2.24) is 0 Å². The largest absolute Gasteiger partial charge is 0.456 e. The summed E-state index contributed by atoms with van der Waals surface area (Å²) in [5, 5.41) is 29.5. The van der Waals surface area contributed by atoms with E-state index in [1.165, 1.54) is 197 Å². The molecule has 0 aliphatic rings. The first-order valence-electron chi connectivity index (χ1n) is 44.3. The van der Waals surface area contributed by atoms with Crippen LogP contribution in [0.4, 0.5) is 0 Å². The highest BCUT2D eigenvalue weighted by Gasteiger charge is 2.25. The quantitative estimate of drug-likeness (QED) is 0.135. The Hall–Kier alpha value is -17.0. The lowest BCUT2D eigenvalue weighted by Gasteiger charge is -2.20. The van der Waals surface area contributed by atoms with Crippen molar-refractivity contribution in [2.24, 2.45) is 0 Å². The maximum Gasteiger partial charge on any atom is 0.135 e. The number of para-hydroxylation sites is 3. The predicted octanol–water partition coefficient (Wildman–Crippen LogP) is 36.1. The molecule has 27 rings (SSSR count). The Bertz CT molecular complexity index is 9030. The summed E-state index contributed by atoms with van der Waals surface area (Å²) >= 11 is 0. The Morgan fingerprint density at radius 2 is 0.341 bits per heavy atom. The lowest BCUT2D eigenvalue weighted by atomic mass is 9.83. The van der Waals surface area contributed by atoms with Crippen LogP contribution in [0.5, 0.6) is 0 Å². The van der Waals surface area contributed by atoms with Gasteiger partial charge in [0.05, 0.1) is 0 Å². The summed E-state index contributed by atoms with van der Waals surface area (Å²) in [5.41, 5.74) is 27.8. The van der Waals surface area contributed by atoms with Crippen LogP contribution < -0.4 is 0 Å². The molecule has 3 aromatic heterocycles. The Balaban J connectivity index is 0.000000105. The molecule has 3 heterocycles. The normalized spacial score (nSPS) is 11.7. The molecule has 600 valence electrons. The van der Waals surface area contributed by atoms with Crippen molar-refractivity contribution in [3.8, 4) is 100 Å². The zero-order valence-corrected chi connectivity index (χ0v) is 70.3. The first kappa shape index (κ1) is 74.6. The Morgan fingerprint density at radius 1 is 0.101 bits per heavy atom. The van der Waals surface area contributed by atoms with E-state index < -0.39 is 0 Å². The average molecular weight is 1640 g/mol. The van der Waals surface area contributed by atoms with Gasteiger partial charge >= 0.3 is 0 Å². The van der Waals surface area contributed by atoms with E-state index in [4.69, 9.17) is 13.3 Å². The van der Waals surface area contributed by atoms with Gasteiger partial charge in [0.25, 0.3) is 0 Å². The molecule has 0 bridgehead atoms. The lowest BCUT2D eigenvalue weighted by Crippen LogP contribution is -1.92. The van der Waals surface area contributed by atoms with E-state index in [0.717, 1.165) is 65.8 Å². The van der Waals surface area contributed by atoms with Crippen LogP contribution in [0, 0.1) is 0 Å². The molecular weight excluding hydrogens is 1560 g/mol. The monoisotopic (exact) mass is 1640 g/mol. The van der Waals surface area contributed by atoms with Crippen LogP contribution >= 0.6 is 0 Å². The Kier molecular flexibility index (Phi) is 18.0. The molecule has 0 atom stereocenters. The van der Waals surface area contributed by atoms with E-state index in [-0.39, 0.29) is 0 Å². The summed E-state index contributed by atoms with van der Waals surface area (Å²) in [6.45, 7) is 0. The highest BCUT2D eigenvalue weighted by Crippen LogP contribution is 2.52. The number of fused-ring (bicyclic) bond motifs is 18. The minimum Gasteiger partial charge on any atom is -0.456 e. The van der Waals surface area contributed by atoms with Crippen molar-refractivity contribution in [2.75, 3.05) is 0 Å². The van der Waals surface area contributed by atoms with Crippen molar-refractivity contribution in [2.45, 2.75) is 0 Å². The van der Waals surface area contributed by atoms with Crippen LogP contribution in [0.2, 0.25) is 0 Å². The van der Waals surface area contributed by atoms with Crippen LogP contribution in [0.3, 0.4) is 0 Å². The molecular formula is C126H78O3. The van der Waals surface area contributed by atoms with Crippen LogP contribution in [0.25, 0.3) is 263 Å². The zero-order valence-electron chi connectivity index (χ0n) is 70.3. The van der Waals surface area contributed by atoms with Gasteiger partial charge in [-0.05, 0) is 264 Å². The molecule has 0 radical (unpaired) electrons. The molecule has 24 aromatic carbocycles. The molecule has 0 aliphatic carbocycles. The standard InChI is InChI=1S/3C42H26O/c1-2-15-31-27(11-1)12-10-21-32(31)28-13-9-14-29(25-28)41-34-17-3-5-19-36(34)42(37-20-6-4-18-35(37)41)30-23-24-40-38(26-30)33-16-7-8-22-39(33)43-40;1-2-12-31-27(10-1)11-9-18-32(31)28-20-22-29(23-21-28)41-34-14-3-5-16-36(34)42(37-17-6-4-15-35(37)41)30-24-25-40-38(26-30)33-13-7-8-19-39(33)43-40;1-2-12-28-25-29(22-21-27(28)11-1)31-13-3-4-15-33(31)42-36-18-7-5-16-34(36)41(35-17-6-8-19-37(35)42)30-23-24-40-38(26-30)32-14-9-10-20-39(32)43-40/h3*1-26H. The smallest absolute Gasteiger partial charge is 0.135 e. The minimum absolute atomic E-state index is 0.916. The first-order chi connectivity index (χ1) is 64.0. The topological polar surface area (TPSA) is 39.4 Å². The van der Waals surface area contributed by atoms with E-state index in [1.807, 2.05) is 36.4 Å². The fraction of sp³-hybridized carbons (Fsp3) is 0. The Morgan fingerprint density at radius 3 is 0.744 bits per heavy atom. The SMILES string of the molecule is c1cc(-c2cccc3ccccc23)cc(-c2c3ccccc3c(-c3ccc4oc5ccccc5c4c3)c3ccccc23)c1.c1ccc(-c2c3ccccc3c(-c3ccc4oc5ccccc5c4c3)c3ccccc23)c(-c2ccc3ccccc3c2)c1.c1ccc2c(-c3ccc(-c4c5ccccc5c(-c5ccc6oc7ccccc7c6c5)c5ccccc45)cc3)cccc2c1. The molecule has 0 aliphatic heterocycles. The van der Waals surface area contributed by atoms with E-state index >= 15 is 0 Å². The van der Waals surface area contributed by atoms with Crippen LogP contribution in [-0.4, -0.2) is 0 Å². The van der Waals surface area contributed by atoms with Crippen molar-refractivity contribution in [3.05, 3.63) is 473 Å². The molecule has 129 heavy (non-hydrogen) atoms. The summed E-state index contributed by atoms with van der Waals surface area (Å²) in [6, 6.07) is 171. The van der Waals surface area contributed by atoms with Gasteiger partial charge in [-0.2, -0.15) is 0 Å². The molecule has 27 aromatic rings. The van der Waals surface area contributed by atoms with Crippen molar-refractivity contribution < 1.29 is 13.3 Å². The van der Waals surface area contributed by atoms with E-state index in [2.05, 4.69) is 437 Å². The van der Waals surface area contributed by atoms with Gasteiger partial charge in [-0.15, -0.1) is 0 Å². The summed E-state index contributed by atoms with van der Waals surface area (Å²) < 4.78 is 18.5. The number of furan rings is 3. The summed E-state index contributed by atoms with van der Waals surface area (Å²) in [7, 11) is 0. The molecule has 3 nitrogen and oxygen atoms in total. The van der Waals surface area contributed by atoms with Crippen molar-refractivity contribution in [3.63, 3.8) is 0 Å². The number of hydrogen-bond acceptors (Lipinski definition) is 3. The van der Waals surface area contributed by atoms with Crippen molar-refractivity contribution >= 4 is 163 Å². The fourth-order valence-electron chi connectivity index (χ4n) is 20.8.